The van der Waals surface area contributed by atoms with Gasteiger partial charge in [0, 0.05) is 16.8 Å². The smallest absolute Gasteiger partial charge is 0.118 e. The van der Waals surface area contributed by atoms with Crippen LogP contribution in [0.4, 0.5) is 5.69 Å². The highest BCUT2D eigenvalue weighted by molar-refractivity contribution is 6.31. The van der Waals surface area contributed by atoms with Gasteiger partial charge in [-0.05, 0) is 55.7 Å². The Morgan fingerprint density at radius 1 is 1.11 bits per heavy atom. The highest BCUT2D eigenvalue weighted by Gasteiger charge is 2.11. The predicted octanol–water partition coefficient (Wildman–Crippen LogP) is 4.84. The largest absolute Gasteiger partial charge is 0.508 e. The molecule has 1 unspecified atom stereocenters. The molecule has 0 amide bonds. The Kier molecular flexibility index (Phi) is 4.01. The van der Waals surface area contributed by atoms with E-state index in [-0.39, 0.29) is 6.04 Å². The van der Waals surface area contributed by atoms with Gasteiger partial charge in [0.15, 0.2) is 0 Å². The Morgan fingerprint density at radius 2 is 1.79 bits per heavy atom. The van der Waals surface area contributed by atoms with E-state index in [0.29, 0.717) is 5.75 Å². The van der Waals surface area contributed by atoms with Crippen LogP contribution in [-0.4, -0.2) is 5.11 Å². The molecule has 0 fully saturated rings. The summed E-state index contributed by atoms with van der Waals surface area (Å²) in [5.41, 5.74) is 3.96. The van der Waals surface area contributed by atoms with Crippen molar-refractivity contribution in [2.24, 2.45) is 0 Å². The van der Waals surface area contributed by atoms with Crippen LogP contribution in [0, 0.1) is 13.8 Å². The molecule has 0 aromatic heterocycles. The summed E-state index contributed by atoms with van der Waals surface area (Å²) in [6, 6.07) is 11.7. The minimum Gasteiger partial charge on any atom is -0.508 e. The fourth-order valence-electron chi connectivity index (χ4n) is 2.09. The Morgan fingerprint density at radius 3 is 2.47 bits per heavy atom. The third-order valence-electron chi connectivity index (χ3n) is 3.29. The molecule has 0 aliphatic rings. The van der Waals surface area contributed by atoms with Crippen LogP contribution in [0.1, 0.15) is 29.7 Å². The Hall–Kier alpha value is -1.67. The molecule has 0 saturated heterocycles. The molecule has 0 heterocycles. The highest BCUT2D eigenvalue weighted by Crippen LogP contribution is 2.30. The summed E-state index contributed by atoms with van der Waals surface area (Å²) in [5.74, 6) is 0.327. The van der Waals surface area contributed by atoms with Crippen LogP contribution in [0.3, 0.4) is 0 Å². The van der Waals surface area contributed by atoms with Crippen molar-refractivity contribution in [3.05, 3.63) is 58.1 Å². The Balaban J connectivity index is 2.27. The Labute approximate surface area is 119 Å². The van der Waals surface area contributed by atoms with Crippen LogP contribution in [0.15, 0.2) is 36.4 Å². The maximum atomic E-state index is 9.67. The second-order valence-electron chi connectivity index (χ2n) is 4.84. The molecule has 2 aromatic carbocycles. The van der Waals surface area contributed by atoms with E-state index in [1.165, 1.54) is 0 Å². The molecule has 2 N–H and O–H groups in total. The quantitative estimate of drug-likeness (QED) is 0.786. The van der Waals surface area contributed by atoms with E-state index in [9.17, 15) is 5.11 Å². The first kappa shape index (κ1) is 13.8. The molecule has 2 rings (SSSR count). The first-order valence-corrected chi connectivity index (χ1v) is 6.68. The summed E-state index contributed by atoms with van der Waals surface area (Å²) < 4.78 is 0. The number of phenolic OH excluding ortho intramolecular Hbond substituents is 1. The molecule has 19 heavy (non-hydrogen) atoms. The fourth-order valence-corrected chi connectivity index (χ4v) is 2.39. The second-order valence-corrected chi connectivity index (χ2v) is 5.25. The predicted molar refractivity (Wildman–Crippen MR) is 81.1 cm³/mol. The van der Waals surface area contributed by atoms with Gasteiger partial charge in [-0.25, -0.2) is 0 Å². The third kappa shape index (κ3) is 3.02. The minimum absolute atomic E-state index is 0.108. The van der Waals surface area contributed by atoms with E-state index in [1.54, 1.807) is 6.07 Å². The molecule has 2 nitrogen and oxygen atoms in total. The van der Waals surface area contributed by atoms with E-state index < -0.39 is 0 Å². The molecule has 0 radical (unpaired) electrons. The first-order chi connectivity index (χ1) is 8.99. The monoisotopic (exact) mass is 275 g/mol. The van der Waals surface area contributed by atoms with Crippen LogP contribution in [0.25, 0.3) is 0 Å². The first-order valence-electron chi connectivity index (χ1n) is 6.30. The zero-order chi connectivity index (χ0) is 14.0. The maximum absolute atomic E-state index is 9.67. The van der Waals surface area contributed by atoms with Gasteiger partial charge in [-0.3, -0.25) is 0 Å². The minimum atomic E-state index is 0.108. The third-order valence-corrected chi connectivity index (χ3v) is 3.63. The van der Waals surface area contributed by atoms with E-state index in [2.05, 4.69) is 12.2 Å². The summed E-state index contributed by atoms with van der Waals surface area (Å²) in [4.78, 5) is 0. The summed E-state index contributed by atoms with van der Waals surface area (Å²) >= 11 is 6.20. The van der Waals surface area contributed by atoms with Gasteiger partial charge in [0.1, 0.15) is 5.75 Å². The number of hydrogen-bond donors (Lipinski definition) is 2. The topological polar surface area (TPSA) is 32.3 Å². The second kappa shape index (κ2) is 5.54. The van der Waals surface area contributed by atoms with Gasteiger partial charge in [0.05, 0.1) is 0 Å². The molecular formula is C16H18ClNO. The molecule has 0 aliphatic carbocycles. The molecule has 2 aromatic rings. The molecule has 0 spiro atoms. The zero-order valence-electron chi connectivity index (χ0n) is 11.4. The van der Waals surface area contributed by atoms with Crippen LogP contribution >= 0.6 is 11.6 Å². The number of rotatable bonds is 3. The van der Waals surface area contributed by atoms with Gasteiger partial charge in [-0.1, -0.05) is 29.8 Å². The summed E-state index contributed by atoms with van der Waals surface area (Å²) in [6.07, 6.45) is 0. The number of nitrogens with one attached hydrogen (secondary N) is 1. The van der Waals surface area contributed by atoms with Gasteiger partial charge in [-0.15, -0.1) is 0 Å². The molecule has 1 atom stereocenters. The van der Waals surface area contributed by atoms with Gasteiger partial charge < -0.3 is 10.4 Å². The SMILES string of the molecule is Cc1cc(NC(C)c2ccccc2Cl)c(C)cc1O. The lowest BCUT2D eigenvalue weighted by Crippen LogP contribution is -2.08. The summed E-state index contributed by atoms with van der Waals surface area (Å²) in [5, 5.41) is 13.9. The van der Waals surface area contributed by atoms with Crippen LogP contribution in [0.5, 0.6) is 5.75 Å². The number of anilines is 1. The lowest BCUT2D eigenvalue weighted by molar-refractivity contribution is 0.470. The van der Waals surface area contributed by atoms with Gasteiger partial charge in [0.25, 0.3) is 0 Å². The van der Waals surface area contributed by atoms with Crippen molar-refractivity contribution in [1.82, 2.24) is 0 Å². The standard InChI is InChI=1S/C16H18ClNO/c1-10-9-16(19)11(2)8-15(10)18-12(3)13-6-4-5-7-14(13)17/h4-9,12,18-19H,1-3H3. The van der Waals surface area contributed by atoms with Crippen molar-refractivity contribution in [3.8, 4) is 5.75 Å². The van der Waals surface area contributed by atoms with Crippen molar-refractivity contribution in [2.45, 2.75) is 26.8 Å². The Bertz CT molecular complexity index is 595. The van der Waals surface area contributed by atoms with E-state index in [0.717, 1.165) is 27.4 Å². The van der Waals surface area contributed by atoms with Gasteiger partial charge >= 0.3 is 0 Å². The molecule has 0 saturated carbocycles. The molecular weight excluding hydrogens is 258 g/mol. The number of aryl methyl sites for hydroxylation is 2. The number of phenols is 1. The van der Waals surface area contributed by atoms with Gasteiger partial charge in [0.2, 0.25) is 0 Å². The van der Waals surface area contributed by atoms with Crippen LogP contribution < -0.4 is 5.32 Å². The van der Waals surface area contributed by atoms with Crippen LogP contribution in [0.2, 0.25) is 5.02 Å². The fraction of sp³-hybridized carbons (Fsp3) is 0.250. The number of hydrogen-bond acceptors (Lipinski definition) is 2. The lowest BCUT2D eigenvalue weighted by Gasteiger charge is -2.19. The van der Waals surface area contributed by atoms with Crippen molar-refractivity contribution in [2.75, 3.05) is 5.32 Å². The van der Waals surface area contributed by atoms with Crippen molar-refractivity contribution >= 4 is 17.3 Å². The summed E-state index contributed by atoms with van der Waals surface area (Å²) in [7, 11) is 0. The van der Waals surface area contributed by atoms with Crippen molar-refractivity contribution in [3.63, 3.8) is 0 Å². The van der Waals surface area contributed by atoms with E-state index in [1.807, 2.05) is 44.2 Å². The normalized spacial score (nSPS) is 12.2. The average Bonchev–Trinajstić information content (AvgIpc) is 2.36. The average molecular weight is 276 g/mol. The van der Waals surface area contributed by atoms with Crippen molar-refractivity contribution < 1.29 is 5.11 Å². The number of halogens is 1. The molecule has 3 heteroatoms. The molecule has 0 bridgehead atoms. The zero-order valence-corrected chi connectivity index (χ0v) is 12.1. The van der Waals surface area contributed by atoms with E-state index >= 15 is 0 Å². The lowest BCUT2D eigenvalue weighted by atomic mass is 10.1. The van der Waals surface area contributed by atoms with E-state index in [4.69, 9.17) is 11.6 Å². The highest BCUT2D eigenvalue weighted by atomic mass is 35.5. The van der Waals surface area contributed by atoms with Gasteiger partial charge in [-0.2, -0.15) is 0 Å². The van der Waals surface area contributed by atoms with Crippen LogP contribution in [-0.2, 0) is 0 Å². The number of benzene rings is 2. The van der Waals surface area contributed by atoms with Crippen molar-refractivity contribution in [1.29, 1.82) is 0 Å². The molecule has 100 valence electrons. The summed E-state index contributed by atoms with van der Waals surface area (Å²) in [6.45, 7) is 5.93. The maximum Gasteiger partial charge on any atom is 0.118 e. The number of aromatic hydroxyl groups is 1. The molecule has 0 aliphatic heterocycles.